The van der Waals surface area contributed by atoms with Gasteiger partial charge in [-0.25, -0.2) is 0 Å². The highest BCUT2D eigenvalue weighted by Crippen LogP contribution is 2.18. The molecule has 5 nitrogen and oxygen atoms in total. The smallest absolute Gasteiger partial charge is 0.274 e. The Morgan fingerprint density at radius 2 is 1.77 bits per heavy atom. The minimum atomic E-state index is -0.320. The quantitative estimate of drug-likeness (QED) is 0.815. The Hall–Kier alpha value is -2.69. The number of nitrogens with one attached hydrogen (secondary N) is 2. The van der Waals surface area contributed by atoms with Gasteiger partial charge in [0.1, 0.15) is 5.69 Å². The van der Waals surface area contributed by atoms with Crippen molar-refractivity contribution in [3.8, 4) is 0 Å². The fraction of sp³-hybridized carbons (Fsp3) is 0.381. The standard InChI is InChI=1S/C21H25N3O2/c1-15-7-6-10-18(13-15)24-21(26)19-14-16(11-12-22-19)20(25)23-17-8-4-2-3-5-9-17/h6-7,10-14,17H,2-5,8-9H2,1H3,(H,23,25)(H,24,26). The third kappa shape index (κ3) is 4.91. The highest BCUT2D eigenvalue weighted by Gasteiger charge is 2.17. The number of aromatic nitrogens is 1. The van der Waals surface area contributed by atoms with E-state index in [-0.39, 0.29) is 23.6 Å². The summed E-state index contributed by atoms with van der Waals surface area (Å²) in [7, 11) is 0. The van der Waals surface area contributed by atoms with Crippen molar-refractivity contribution in [1.82, 2.24) is 10.3 Å². The van der Waals surface area contributed by atoms with Crippen LogP contribution in [0.15, 0.2) is 42.6 Å². The zero-order valence-electron chi connectivity index (χ0n) is 15.1. The highest BCUT2D eigenvalue weighted by molar-refractivity contribution is 6.04. The molecular formula is C21H25N3O2. The molecule has 5 heteroatoms. The molecular weight excluding hydrogens is 326 g/mol. The van der Waals surface area contributed by atoms with Gasteiger partial charge in [-0.05, 0) is 49.6 Å². The van der Waals surface area contributed by atoms with Crippen molar-refractivity contribution in [3.63, 3.8) is 0 Å². The van der Waals surface area contributed by atoms with Crippen LogP contribution in [0.5, 0.6) is 0 Å². The van der Waals surface area contributed by atoms with E-state index in [1.54, 1.807) is 12.1 Å². The van der Waals surface area contributed by atoms with E-state index >= 15 is 0 Å². The van der Waals surface area contributed by atoms with Gasteiger partial charge in [0.15, 0.2) is 0 Å². The second kappa shape index (κ2) is 8.61. The number of nitrogens with zero attached hydrogens (tertiary/aromatic N) is 1. The molecule has 0 radical (unpaired) electrons. The van der Waals surface area contributed by atoms with Crippen LogP contribution in [0.2, 0.25) is 0 Å². The molecule has 0 spiro atoms. The Balaban J connectivity index is 1.66. The molecule has 0 aliphatic heterocycles. The van der Waals surface area contributed by atoms with Crippen LogP contribution >= 0.6 is 0 Å². The Bertz CT molecular complexity index is 780. The second-order valence-electron chi connectivity index (χ2n) is 6.92. The first-order chi connectivity index (χ1) is 12.6. The maximum atomic E-state index is 12.5. The topological polar surface area (TPSA) is 71.1 Å². The fourth-order valence-electron chi connectivity index (χ4n) is 3.31. The number of benzene rings is 1. The van der Waals surface area contributed by atoms with Crippen LogP contribution in [0.3, 0.4) is 0 Å². The molecule has 0 unspecified atom stereocenters. The van der Waals surface area contributed by atoms with Crippen LogP contribution in [0.25, 0.3) is 0 Å². The Morgan fingerprint density at radius 1 is 1.00 bits per heavy atom. The molecule has 26 heavy (non-hydrogen) atoms. The molecule has 0 bridgehead atoms. The number of pyridine rings is 1. The highest BCUT2D eigenvalue weighted by atomic mass is 16.2. The van der Waals surface area contributed by atoms with Crippen molar-refractivity contribution in [2.45, 2.75) is 51.5 Å². The van der Waals surface area contributed by atoms with Gasteiger partial charge < -0.3 is 10.6 Å². The third-order valence-corrected chi connectivity index (χ3v) is 4.72. The number of carbonyl (C=O) groups excluding carboxylic acids is 2. The van der Waals surface area contributed by atoms with E-state index in [1.165, 1.54) is 19.0 Å². The summed E-state index contributed by atoms with van der Waals surface area (Å²) in [4.78, 5) is 29.1. The first-order valence-corrected chi connectivity index (χ1v) is 9.27. The van der Waals surface area contributed by atoms with Crippen LogP contribution in [0, 0.1) is 6.92 Å². The molecule has 2 aromatic rings. The largest absolute Gasteiger partial charge is 0.349 e. The number of amides is 2. The fourth-order valence-corrected chi connectivity index (χ4v) is 3.31. The first-order valence-electron chi connectivity index (χ1n) is 9.27. The van der Waals surface area contributed by atoms with E-state index in [2.05, 4.69) is 15.6 Å². The van der Waals surface area contributed by atoms with Crippen LogP contribution in [0.1, 0.15) is 64.9 Å². The molecule has 1 fully saturated rings. The summed E-state index contributed by atoms with van der Waals surface area (Å²) >= 11 is 0. The summed E-state index contributed by atoms with van der Waals surface area (Å²) < 4.78 is 0. The molecule has 1 aliphatic rings. The lowest BCUT2D eigenvalue weighted by atomic mass is 10.1. The van der Waals surface area contributed by atoms with Gasteiger partial charge >= 0.3 is 0 Å². The molecule has 3 rings (SSSR count). The van der Waals surface area contributed by atoms with Gasteiger partial charge in [-0.15, -0.1) is 0 Å². The van der Waals surface area contributed by atoms with Crippen molar-refractivity contribution < 1.29 is 9.59 Å². The molecule has 2 N–H and O–H groups in total. The van der Waals surface area contributed by atoms with Gasteiger partial charge in [-0.2, -0.15) is 0 Å². The molecule has 1 saturated carbocycles. The summed E-state index contributed by atoms with van der Waals surface area (Å²) in [6.07, 6.45) is 8.36. The van der Waals surface area contributed by atoms with Crippen LogP contribution < -0.4 is 10.6 Å². The van der Waals surface area contributed by atoms with Crippen LogP contribution in [0.4, 0.5) is 5.69 Å². The minimum Gasteiger partial charge on any atom is -0.349 e. The number of carbonyl (C=O) groups is 2. The van der Waals surface area contributed by atoms with Crippen molar-refractivity contribution in [2.24, 2.45) is 0 Å². The van der Waals surface area contributed by atoms with Crippen molar-refractivity contribution in [3.05, 3.63) is 59.4 Å². The summed E-state index contributed by atoms with van der Waals surface area (Å²) in [6, 6.07) is 11.0. The second-order valence-corrected chi connectivity index (χ2v) is 6.92. The van der Waals surface area contributed by atoms with Crippen molar-refractivity contribution in [1.29, 1.82) is 0 Å². The van der Waals surface area contributed by atoms with Crippen molar-refractivity contribution >= 4 is 17.5 Å². The molecule has 1 aromatic heterocycles. The molecule has 136 valence electrons. The predicted molar refractivity (Wildman–Crippen MR) is 102 cm³/mol. The average molecular weight is 351 g/mol. The van der Waals surface area contributed by atoms with Crippen LogP contribution in [-0.4, -0.2) is 22.8 Å². The average Bonchev–Trinajstić information content (AvgIpc) is 2.90. The molecule has 1 aliphatic carbocycles. The number of anilines is 1. The minimum absolute atomic E-state index is 0.135. The Labute approximate surface area is 154 Å². The third-order valence-electron chi connectivity index (χ3n) is 4.72. The summed E-state index contributed by atoms with van der Waals surface area (Å²) in [5.74, 6) is -0.455. The molecule has 0 atom stereocenters. The van der Waals surface area contributed by atoms with E-state index in [0.717, 1.165) is 31.2 Å². The Kier molecular flexibility index (Phi) is 6.00. The van der Waals surface area contributed by atoms with Gasteiger partial charge in [0, 0.05) is 23.5 Å². The van der Waals surface area contributed by atoms with E-state index in [1.807, 2.05) is 31.2 Å². The van der Waals surface area contributed by atoms with Gasteiger partial charge in [0.05, 0.1) is 0 Å². The first kappa shape index (κ1) is 18.1. The maximum Gasteiger partial charge on any atom is 0.274 e. The lowest BCUT2D eigenvalue weighted by Gasteiger charge is -2.16. The lowest BCUT2D eigenvalue weighted by Crippen LogP contribution is -2.34. The van der Waals surface area contributed by atoms with E-state index in [4.69, 9.17) is 0 Å². The number of hydrogen-bond acceptors (Lipinski definition) is 3. The number of aryl methyl sites for hydroxylation is 1. The maximum absolute atomic E-state index is 12.5. The molecule has 1 heterocycles. The summed E-state index contributed by atoms with van der Waals surface area (Å²) in [5, 5.41) is 5.92. The molecule has 2 amide bonds. The molecule has 0 saturated heterocycles. The predicted octanol–water partition coefficient (Wildman–Crippen LogP) is 4.09. The summed E-state index contributed by atoms with van der Waals surface area (Å²) in [6.45, 7) is 1.96. The van der Waals surface area contributed by atoms with E-state index in [0.29, 0.717) is 11.3 Å². The number of hydrogen-bond donors (Lipinski definition) is 2. The zero-order chi connectivity index (χ0) is 18.4. The molecule has 1 aromatic carbocycles. The Morgan fingerprint density at radius 3 is 2.50 bits per heavy atom. The van der Waals surface area contributed by atoms with Crippen LogP contribution in [-0.2, 0) is 0 Å². The van der Waals surface area contributed by atoms with Crippen molar-refractivity contribution in [2.75, 3.05) is 5.32 Å². The SMILES string of the molecule is Cc1cccc(NC(=O)c2cc(C(=O)NC3CCCCCC3)ccn2)c1. The van der Waals surface area contributed by atoms with E-state index in [9.17, 15) is 9.59 Å². The summed E-state index contributed by atoms with van der Waals surface area (Å²) in [5.41, 5.74) is 2.48. The number of rotatable bonds is 4. The van der Waals surface area contributed by atoms with Gasteiger partial charge in [-0.1, -0.05) is 37.8 Å². The van der Waals surface area contributed by atoms with Gasteiger partial charge in [0.2, 0.25) is 0 Å². The van der Waals surface area contributed by atoms with E-state index < -0.39 is 0 Å². The van der Waals surface area contributed by atoms with Gasteiger partial charge in [0.25, 0.3) is 11.8 Å². The monoisotopic (exact) mass is 351 g/mol. The lowest BCUT2D eigenvalue weighted by molar-refractivity contribution is 0.0933. The van der Waals surface area contributed by atoms with Gasteiger partial charge in [-0.3, -0.25) is 14.6 Å². The zero-order valence-corrected chi connectivity index (χ0v) is 15.1. The normalized spacial score (nSPS) is 15.1.